The third kappa shape index (κ3) is 1.90. The zero-order valence-corrected chi connectivity index (χ0v) is 11.4. The maximum absolute atomic E-state index is 12.0. The summed E-state index contributed by atoms with van der Waals surface area (Å²) in [7, 11) is 1.80. The van der Waals surface area contributed by atoms with Gasteiger partial charge in [-0.05, 0) is 30.4 Å². The van der Waals surface area contributed by atoms with Crippen molar-refractivity contribution in [2.24, 2.45) is 7.05 Å². The van der Waals surface area contributed by atoms with Gasteiger partial charge in [0.1, 0.15) is 17.6 Å². The molecule has 1 N–H and O–H groups in total. The fourth-order valence-corrected chi connectivity index (χ4v) is 3.15. The number of fused-ring (bicyclic) bond motifs is 1. The zero-order valence-electron chi connectivity index (χ0n) is 11.4. The van der Waals surface area contributed by atoms with Gasteiger partial charge in [-0.3, -0.25) is 9.48 Å². The van der Waals surface area contributed by atoms with Crippen LogP contribution in [0.15, 0.2) is 30.6 Å². The van der Waals surface area contributed by atoms with E-state index in [2.05, 4.69) is 10.1 Å². The van der Waals surface area contributed by atoms with E-state index in [4.69, 9.17) is 0 Å². The Labute approximate surface area is 117 Å². The Morgan fingerprint density at radius 3 is 2.95 bits per heavy atom. The van der Waals surface area contributed by atoms with E-state index in [0.717, 1.165) is 24.0 Å². The number of carbonyl (C=O) groups is 1. The Morgan fingerprint density at radius 2 is 2.25 bits per heavy atom. The van der Waals surface area contributed by atoms with Crippen LogP contribution in [0.4, 0.5) is 0 Å². The molecule has 1 unspecified atom stereocenters. The molecule has 5 nitrogen and oxygen atoms in total. The number of hydrogen-bond acceptors (Lipinski definition) is 3. The molecule has 0 bridgehead atoms. The fraction of sp³-hybridized carbons (Fsp3) is 0.400. The molecule has 1 aromatic carbocycles. The molecule has 1 aliphatic rings. The molecule has 0 radical (unpaired) electrons. The summed E-state index contributed by atoms with van der Waals surface area (Å²) >= 11 is 0. The lowest BCUT2D eigenvalue weighted by Crippen LogP contribution is -2.41. The number of hydrogen-bond donors (Lipinski definition) is 1. The molecule has 104 valence electrons. The van der Waals surface area contributed by atoms with Crippen LogP contribution in [0.25, 0.3) is 0 Å². The Balaban J connectivity index is 2.10. The lowest BCUT2D eigenvalue weighted by molar-refractivity contribution is -0.144. The van der Waals surface area contributed by atoms with Gasteiger partial charge in [-0.15, -0.1) is 0 Å². The van der Waals surface area contributed by atoms with Gasteiger partial charge in [-0.2, -0.15) is 5.10 Å². The van der Waals surface area contributed by atoms with Crippen molar-refractivity contribution in [3.8, 4) is 0 Å². The van der Waals surface area contributed by atoms with E-state index in [1.807, 2.05) is 24.3 Å². The summed E-state index contributed by atoms with van der Waals surface area (Å²) in [6.45, 7) is 0. The summed E-state index contributed by atoms with van der Waals surface area (Å²) in [5.74, 6) is -0.0586. The first-order chi connectivity index (χ1) is 9.63. The van der Waals surface area contributed by atoms with Gasteiger partial charge in [0.05, 0.1) is 0 Å². The molecule has 0 saturated carbocycles. The molecule has 3 rings (SSSR count). The topological polar surface area (TPSA) is 68.0 Å². The van der Waals surface area contributed by atoms with Crippen molar-refractivity contribution in [1.29, 1.82) is 0 Å². The number of rotatable bonds is 3. The van der Waals surface area contributed by atoms with Crippen molar-refractivity contribution in [2.75, 3.05) is 0 Å². The molecule has 5 heteroatoms. The second kappa shape index (κ2) is 4.74. The minimum Gasteiger partial charge on any atom is -0.481 e. The first-order valence-corrected chi connectivity index (χ1v) is 6.78. The van der Waals surface area contributed by atoms with Gasteiger partial charge in [0, 0.05) is 13.5 Å². The van der Waals surface area contributed by atoms with Gasteiger partial charge in [-0.1, -0.05) is 24.3 Å². The highest BCUT2D eigenvalue weighted by atomic mass is 16.4. The minimum atomic E-state index is -0.879. The van der Waals surface area contributed by atoms with E-state index in [0.29, 0.717) is 18.7 Å². The lowest BCUT2D eigenvalue weighted by Gasteiger charge is -2.35. The van der Waals surface area contributed by atoms with Crippen molar-refractivity contribution in [1.82, 2.24) is 14.8 Å². The molecule has 1 aliphatic carbocycles. The van der Waals surface area contributed by atoms with Gasteiger partial charge >= 0.3 is 5.97 Å². The first kappa shape index (κ1) is 12.8. The van der Waals surface area contributed by atoms with Crippen LogP contribution < -0.4 is 0 Å². The van der Waals surface area contributed by atoms with E-state index in [1.54, 1.807) is 11.7 Å². The summed E-state index contributed by atoms with van der Waals surface area (Å²) in [6.07, 6.45) is 4.34. The molecule has 2 aromatic rings. The van der Waals surface area contributed by atoms with Crippen molar-refractivity contribution >= 4 is 5.97 Å². The summed E-state index contributed by atoms with van der Waals surface area (Å²) < 4.78 is 1.65. The monoisotopic (exact) mass is 271 g/mol. The fourth-order valence-electron chi connectivity index (χ4n) is 3.15. The minimum absolute atomic E-state index is 0.385. The maximum atomic E-state index is 12.0. The van der Waals surface area contributed by atoms with Crippen molar-refractivity contribution in [2.45, 2.75) is 31.1 Å². The Kier molecular flexibility index (Phi) is 3.04. The number of aryl methyl sites for hydroxylation is 2. The second-order valence-electron chi connectivity index (χ2n) is 5.37. The predicted molar refractivity (Wildman–Crippen MR) is 73.4 cm³/mol. The summed E-state index contributed by atoms with van der Waals surface area (Å²) in [5, 5.41) is 13.9. The molecule has 0 aliphatic heterocycles. The van der Waals surface area contributed by atoms with E-state index >= 15 is 0 Å². The Hall–Kier alpha value is -2.17. The Morgan fingerprint density at radius 1 is 1.45 bits per heavy atom. The normalized spacial score (nSPS) is 21.4. The highest BCUT2D eigenvalue weighted by Gasteiger charge is 2.44. The predicted octanol–water partition coefficient (Wildman–Crippen LogP) is 1.72. The average molecular weight is 271 g/mol. The maximum Gasteiger partial charge on any atom is 0.314 e. The van der Waals surface area contributed by atoms with Gasteiger partial charge in [0.15, 0.2) is 0 Å². The summed E-state index contributed by atoms with van der Waals surface area (Å²) in [5.41, 5.74) is 1.19. The van der Waals surface area contributed by atoms with Crippen LogP contribution in [0, 0.1) is 0 Å². The Bertz CT molecular complexity index is 650. The molecule has 1 aromatic heterocycles. The quantitative estimate of drug-likeness (QED) is 0.923. The van der Waals surface area contributed by atoms with Crippen LogP contribution in [0.5, 0.6) is 0 Å². The number of aliphatic carboxylic acids is 1. The van der Waals surface area contributed by atoms with E-state index in [1.165, 1.54) is 6.33 Å². The standard InChI is InChI=1S/C15H17N3O2/c1-18-13(16-10-17-18)9-15(14(19)20)8-4-6-11-5-2-3-7-12(11)15/h2-3,5,7,10H,4,6,8-9H2,1H3,(H,19,20). The smallest absolute Gasteiger partial charge is 0.314 e. The van der Waals surface area contributed by atoms with Crippen LogP contribution in [0.1, 0.15) is 29.8 Å². The summed E-state index contributed by atoms with van der Waals surface area (Å²) in [4.78, 5) is 16.2. The number of benzene rings is 1. The number of nitrogens with zero attached hydrogens (tertiary/aromatic N) is 3. The van der Waals surface area contributed by atoms with Crippen LogP contribution in [-0.2, 0) is 30.1 Å². The number of aromatic nitrogens is 3. The van der Waals surface area contributed by atoms with Crippen molar-refractivity contribution in [3.05, 3.63) is 47.5 Å². The zero-order chi connectivity index (χ0) is 14.2. The molecule has 1 atom stereocenters. The van der Waals surface area contributed by atoms with Crippen LogP contribution >= 0.6 is 0 Å². The van der Waals surface area contributed by atoms with Crippen LogP contribution in [-0.4, -0.2) is 25.8 Å². The first-order valence-electron chi connectivity index (χ1n) is 6.78. The van der Waals surface area contributed by atoms with Gasteiger partial charge in [-0.25, -0.2) is 4.98 Å². The molecule has 0 spiro atoms. The number of carboxylic acids is 1. The van der Waals surface area contributed by atoms with Crippen LogP contribution in [0.2, 0.25) is 0 Å². The van der Waals surface area contributed by atoms with Crippen molar-refractivity contribution < 1.29 is 9.90 Å². The summed E-state index contributed by atoms with van der Waals surface area (Å²) in [6, 6.07) is 7.86. The molecule has 0 amide bonds. The van der Waals surface area contributed by atoms with E-state index < -0.39 is 11.4 Å². The molecular weight excluding hydrogens is 254 g/mol. The largest absolute Gasteiger partial charge is 0.481 e. The molecule has 20 heavy (non-hydrogen) atoms. The third-order valence-corrected chi connectivity index (χ3v) is 4.26. The van der Waals surface area contributed by atoms with Gasteiger partial charge in [0.2, 0.25) is 0 Å². The van der Waals surface area contributed by atoms with E-state index in [9.17, 15) is 9.90 Å². The van der Waals surface area contributed by atoms with E-state index in [-0.39, 0.29) is 0 Å². The van der Waals surface area contributed by atoms with Crippen molar-refractivity contribution in [3.63, 3.8) is 0 Å². The molecular formula is C15H17N3O2. The SMILES string of the molecule is Cn1ncnc1CC1(C(=O)O)CCCc2ccccc21. The molecule has 0 fully saturated rings. The molecule has 0 saturated heterocycles. The van der Waals surface area contributed by atoms with Crippen LogP contribution in [0.3, 0.4) is 0 Å². The van der Waals surface area contributed by atoms with Gasteiger partial charge in [0.25, 0.3) is 0 Å². The highest BCUT2D eigenvalue weighted by molar-refractivity contribution is 5.82. The van der Waals surface area contributed by atoms with Gasteiger partial charge < -0.3 is 5.11 Å². The average Bonchev–Trinajstić information content (AvgIpc) is 2.84. The third-order valence-electron chi connectivity index (χ3n) is 4.26. The lowest BCUT2D eigenvalue weighted by atomic mass is 9.68. The number of carboxylic acid groups (broad SMARTS) is 1. The highest BCUT2D eigenvalue weighted by Crippen LogP contribution is 2.40. The molecule has 1 heterocycles. The second-order valence-corrected chi connectivity index (χ2v) is 5.37.